The van der Waals surface area contributed by atoms with Crippen molar-refractivity contribution in [1.82, 2.24) is 5.43 Å². The first-order valence-corrected chi connectivity index (χ1v) is 9.64. The standard InChI is InChI=1S/C22H17Cl2N3O3/c23-17-11-9-15(10-12-17)14-30-20-8-4-1-5-16(20)13-25-27-22(29)21(28)26-19-7-3-2-6-18(19)24/h1-13H,14H2,(H,26,28)(H,27,29)/b25-13+. The highest BCUT2D eigenvalue weighted by Crippen LogP contribution is 2.20. The Bertz CT molecular complexity index is 1070. The van der Waals surface area contributed by atoms with E-state index in [0.717, 1.165) is 5.56 Å². The maximum Gasteiger partial charge on any atom is 0.329 e. The van der Waals surface area contributed by atoms with Crippen LogP contribution in [-0.2, 0) is 16.2 Å². The molecule has 0 aliphatic heterocycles. The zero-order valence-electron chi connectivity index (χ0n) is 15.6. The fraction of sp³-hybridized carbons (Fsp3) is 0.0455. The number of hydrazone groups is 1. The third-order valence-corrected chi connectivity index (χ3v) is 4.51. The van der Waals surface area contributed by atoms with Crippen LogP contribution in [0, 0.1) is 0 Å². The van der Waals surface area contributed by atoms with Gasteiger partial charge in [0.1, 0.15) is 12.4 Å². The van der Waals surface area contributed by atoms with Crippen molar-refractivity contribution in [2.24, 2.45) is 5.10 Å². The molecule has 0 atom stereocenters. The zero-order chi connectivity index (χ0) is 21.3. The van der Waals surface area contributed by atoms with Gasteiger partial charge in [-0.3, -0.25) is 9.59 Å². The van der Waals surface area contributed by atoms with Crippen LogP contribution in [-0.4, -0.2) is 18.0 Å². The highest BCUT2D eigenvalue weighted by Gasteiger charge is 2.14. The van der Waals surface area contributed by atoms with E-state index in [0.29, 0.717) is 33.7 Å². The van der Waals surface area contributed by atoms with Gasteiger partial charge in [-0.15, -0.1) is 0 Å². The molecule has 0 fully saturated rings. The summed E-state index contributed by atoms with van der Waals surface area (Å²) in [7, 11) is 0. The molecule has 0 bridgehead atoms. The molecule has 0 saturated carbocycles. The van der Waals surface area contributed by atoms with Gasteiger partial charge in [0.15, 0.2) is 0 Å². The van der Waals surface area contributed by atoms with E-state index in [1.807, 2.05) is 24.3 Å². The molecule has 2 amide bonds. The summed E-state index contributed by atoms with van der Waals surface area (Å²) in [5.74, 6) is -1.23. The van der Waals surface area contributed by atoms with Crippen LogP contribution in [0.25, 0.3) is 0 Å². The van der Waals surface area contributed by atoms with Crippen LogP contribution in [0.2, 0.25) is 10.0 Å². The SMILES string of the molecule is O=C(N/N=C/c1ccccc1OCc1ccc(Cl)cc1)C(=O)Nc1ccccc1Cl. The minimum absolute atomic E-state index is 0.328. The third-order valence-electron chi connectivity index (χ3n) is 3.92. The minimum atomic E-state index is -0.925. The van der Waals surface area contributed by atoms with Gasteiger partial charge in [0, 0.05) is 10.6 Å². The summed E-state index contributed by atoms with van der Waals surface area (Å²) in [5.41, 5.74) is 4.11. The second-order valence-corrected chi connectivity index (χ2v) is 6.93. The van der Waals surface area contributed by atoms with Crippen LogP contribution >= 0.6 is 23.2 Å². The normalized spacial score (nSPS) is 10.6. The van der Waals surface area contributed by atoms with Gasteiger partial charge < -0.3 is 10.1 Å². The van der Waals surface area contributed by atoms with E-state index < -0.39 is 11.8 Å². The predicted molar refractivity (Wildman–Crippen MR) is 118 cm³/mol. The van der Waals surface area contributed by atoms with Crippen LogP contribution < -0.4 is 15.5 Å². The van der Waals surface area contributed by atoms with Crippen molar-refractivity contribution in [1.29, 1.82) is 0 Å². The van der Waals surface area contributed by atoms with Crippen LogP contribution in [0.4, 0.5) is 5.69 Å². The van der Waals surface area contributed by atoms with Gasteiger partial charge in [-0.1, -0.05) is 59.6 Å². The van der Waals surface area contributed by atoms with E-state index in [2.05, 4.69) is 15.8 Å². The van der Waals surface area contributed by atoms with Gasteiger partial charge >= 0.3 is 11.8 Å². The Morgan fingerprint density at radius 1 is 0.900 bits per heavy atom. The first kappa shape index (κ1) is 21.4. The summed E-state index contributed by atoms with van der Waals surface area (Å²) < 4.78 is 5.82. The minimum Gasteiger partial charge on any atom is -0.488 e. The molecule has 3 rings (SSSR count). The molecule has 0 aliphatic rings. The van der Waals surface area contributed by atoms with E-state index in [9.17, 15) is 9.59 Å². The Balaban J connectivity index is 1.58. The molecule has 8 heteroatoms. The zero-order valence-corrected chi connectivity index (χ0v) is 17.2. The third kappa shape index (κ3) is 6.07. The number of carbonyl (C=O) groups excluding carboxylic acids is 2. The molecule has 0 radical (unpaired) electrons. The van der Waals surface area contributed by atoms with Crippen molar-refractivity contribution in [2.75, 3.05) is 5.32 Å². The van der Waals surface area contributed by atoms with Crippen LogP contribution in [0.5, 0.6) is 5.75 Å². The Kier molecular flexibility index (Phi) is 7.43. The molecule has 3 aromatic carbocycles. The highest BCUT2D eigenvalue weighted by atomic mass is 35.5. The first-order chi connectivity index (χ1) is 14.5. The first-order valence-electron chi connectivity index (χ1n) is 8.88. The van der Waals surface area contributed by atoms with Crippen LogP contribution in [0.15, 0.2) is 77.9 Å². The van der Waals surface area contributed by atoms with Gasteiger partial charge in [-0.2, -0.15) is 5.10 Å². The van der Waals surface area contributed by atoms with Gasteiger partial charge in [0.25, 0.3) is 0 Å². The predicted octanol–water partition coefficient (Wildman–Crippen LogP) is 4.66. The number of carbonyl (C=O) groups is 2. The summed E-state index contributed by atoms with van der Waals surface area (Å²) in [5, 5.41) is 7.24. The molecule has 0 heterocycles. The lowest BCUT2D eigenvalue weighted by molar-refractivity contribution is -0.136. The lowest BCUT2D eigenvalue weighted by Gasteiger charge is -2.09. The van der Waals surface area contributed by atoms with E-state index in [1.165, 1.54) is 6.21 Å². The average molecular weight is 442 g/mol. The summed E-state index contributed by atoms with van der Waals surface area (Å²) in [6.07, 6.45) is 1.40. The summed E-state index contributed by atoms with van der Waals surface area (Å²) in [6, 6.07) is 21.1. The number of rotatable bonds is 6. The summed E-state index contributed by atoms with van der Waals surface area (Å²) in [4.78, 5) is 23.9. The smallest absolute Gasteiger partial charge is 0.329 e. The molecule has 6 nitrogen and oxygen atoms in total. The molecule has 30 heavy (non-hydrogen) atoms. The number of para-hydroxylation sites is 2. The molecule has 0 saturated heterocycles. The molecule has 0 spiro atoms. The second kappa shape index (κ2) is 10.4. The van der Waals surface area contributed by atoms with Gasteiger partial charge in [0.2, 0.25) is 0 Å². The number of nitrogens with zero attached hydrogens (tertiary/aromatic N) is 1. The number of ether oxygens (including phenoxy) is 1. The molecule has 0 aromatic heterocycles. The Morgan fingerprint density at radius 3 is 2.37 bits per heavy atom. The monoisotopic (exact) mass is 441 g/mol. The van der Waals surface area contributed by atoms with Crippen molar-refractivity contribution < 1.29 is 14.3 Å². The fourth-order valence-electron chi connectivity index (χ4n) is 2.41. The molecule has 3 aromatic rings. The number of hydrogen-bond donors (Lipinski definition) is 2. The van der Waals surface area contributed by atoms with E-state index in [-0.39, 0.29) is 0 Å². The van der Waals surface area contributed by atoms with Crippen molar-refractivity contribution in [3.63, 3.8) is 0 Å². The van der Waals surface area contributed by atoms with Crippen molar-refractivity contribution in [3.05, 3.63) is 94.0 Å². The largest absolute Gasteiger partial charge is 0.488 e. The molecule has 0 aliphatic carbocycles. The number of anilines is 1. The number of benzene rings is 3. The Hall–Kier alpha value is -3.35. The summed E-state index contributed by atoms with van der Waals surface area (Å²) in [6.45, 7) is 0.342. The lowest BCUT2D eigenvalue weighted by Crippen LogP contribution is -2.32. The molecule has 0 unspecified atom stereocenters. The quantitative estimate of drug-likeness (QED) is 0.331. The average Bonchev–Trinajstić information content (AvgIpc) is 2.75. The maximum absolute atomic E-state index is 12.0. The molecular weight excluding hydrogens is 425 g/mol. The Morgan fingerprint density at radius 2 is 1.60 bits per heavy atom. The lowest BCUT2D eigenvalue weighted by atomic mass is 10.2. The number of halogens is 2. The fourth-order valence-corrected chi connectivity index (χ4v) is 2.72. The van der Waals surface area contributed by atoms with Crippen LogP contribution in [0.1, 0.15) is 11.1 Å². The van der Waals surface area contributed by atoms with E-state index in [1.54, 1.807) is 48.5 Å². The topological polar surface area (TPSA) is 79.8 Å². The van der Waals surface area contributed by atoms with Gasteiger partial charge in [-0.25, -0.2) is 5.43 Å². The van der Waals surface area contributed by atoms with Crippen LogP contribution in [0.3, 0.4) is 0 Å². The second-order valence-electron chi connectivity index (χ2n) is 6.09. The van der Waals surface area contributed by atoms with E-state index >= 15 is 0 Å². The molecule has 152 valence electrons. The number of hydrogen-bond acceptors (Lipinski definition) is 4. The highest BCUT2D eigenvalue weighted by molar-refractivity contribution is 6.41. The summed E-state index contributed by atoms with van der Waals surface area (Å²) >= 11 is 11.8. The maximum atomic E-state index is 12.0. The van der Waals surface area contributed by atoms with Gasteiger partial charge in [-0.05, 0) is 42.0 Å². The number of nitrogens with one attached hydrogen (secondary N) is 2. The van der Waals surface area contributed by atoms with Crippen molar-refractivity contribution >= 4 is 46.9 Å². The Labute approximate surface area is 183 Å². The number of amides is 2. The van der Waals surface area contributed by atoms with Gasteiger partial charge in [0.05, 0.1) is 16.9 Å². The van der Waals surface area contributed by atoms with E-state index in [4.69, 9.17) is 27.9 Å². The molecular formula is C22H17Cl2N3O3. The van der Waals surface area contributed by atoms with Crippen molar-refractivity contribution in [3.8, 4) is 5.75 Å². The molecule has 2 N–H and O–H groups in total. The van der Waals surface area contributed by atoms with Crippen molar-refractivity contribution in [2.45, 2.75) is 6.61 Å².